The minimum absolute atomic E-state index is 0.0198. The zero-order chi connectivity index (χ0) is 34.0. The molecule has 3 fully saturated rings. The van der Waals surface area contributed by atoms with Crippen molar-refractivity contribution in [1.29, 1.82) is 0 Å². The first-order chi connectivity index (χ1) is 20.3. The molecule has 0 amide bonds. The molecule has 5 aliphatic carbocycles. The van der Waals surface area contributed by atoms with Gasteiger partial charge in [-0.15, -0.1) is 0 Å². The minimum atomic E-state index is -5.78. The van der Waals surface area contributed by atoms with Gasteiger partial charge in [-0.2, -0.15) is 21.6 Å². The van der Waals surface area contributed by atoms with Gasteiger partial charge in [0.05, 0.1) is 5.41 Å². The Labute approximate surface area is 267 Å². The van der Waals surface area contributed by atoms with Crippen LogP contribution < -0.4 is 0 Å². The maximum absolute atomic E-state index is 14.0. The lowest BCUT2D eigenvalue weighted by atomic mass is 9.33. The van der Waals surface area contributed by atoms with Crippen molar-refractivity contribution in [2.24, 2.45) is 50.7 Å². The summed E-state index contributed by atoms with van der Waals surface area (Å²) in [5.41, 5.74) is -6.94. The van der Waals surface area contributed by atoms with E-state index in [1.165, 1.54) is 0 Å². The van der Waals surface area contributed by atoms with Crippen molar-refractivity contribution in [2.45, 2.75) is 132 Å². The van der Waals surface area contributed by atoms with E-state index in [0.717, 1.165) is 36.8 Å². The molecule has 254 valence electrons. The third-order valence-corrected chi connectivity index (χ3v) is 14.2. The molecular weight excluding hydrogens is 605 g/mol. The van der Waals surface area contributed by atoms with E-state index in [2.05, 4.69) is 20.8 Å². The van der Waals surface area contributed by atoms with Crippen LogP contribution in [0.15, 0.2) is 23.0 Å². The molecule has 0 N–H and O–H groups in total. The number of carbonyl (C=O) groups excluding carboxylic acids is 2. The fourth-order valence-electron chi connectivity index (χ4n) is 11.1. The maximum Gasteiger partial charge on any atom is 0.534 e. The highest BCUT2D eigenvalue weighted by atomic mass is 32.2. The lowest BCUT2D eigenvalue weighted by molar-refractivity contribution is -0.206. The molecule has 7 atom stereocenters. The Morgan fingerprint density at radius 3 is 2.11 bits per heavy atom. The summed E-state index contributed by atoms with van der Waals surface area (Å²) < 4.78 is 74.7. The van der Waals surface area contributed by atoms with Crippen LogP contribution in [0.1, 0.15) is 121 Å². The van der Waals surface area contributed by atoms with Gasteiger partial charge in [0.2, 0.25) is 0 Å². The van der Waals surface area contributed by atoms with E-state index < -0.39 is 32.1 Å². The van der Waals surface area contributed by atoms with Crippen LogP contribution in [0.2, 0.25) is 0 Å². The van der Waals surface area contributed by atoms with Gasteiger partial charge in [-0.25, -0.2) is 0 Å². The smallest absolute Gasteiger partial charge is 0.459 e. The summed E-state index contributed by atoms with van der Waals surface area (Å²) in [5, 5.41) is 0. The van der Waals surface area contributed by atoms with Gasteiger partial charge in [-0.3, -0.25) is 9.59 Å². The Morgan fingerprint density at radius 1 is 0.933 bits per heavy atom. The number of hydrogen-bond donors (Lipinski definition) is 0. The number of esters is 1. The summed E-state index contributed by atoms with van der Waals surface area (Å²) in [7, 11) is -5.78. The van der Waals surface area contributed by atoms with Crippen LogP contribution >= 0.6 is 0 Å². The predicted molar refractivity (Wildman–Crippen MR) is 165 cm³/mol. The largest absolute Gasteiger partial charge is 0.534 e. The molecule has 0 aliphatic heterocycles. The van der Waals surface area contributed by atoms with Crippen molar-refractivity contribution >= 4 is 21.9 Å². The minimum Gasteiger partial charge on any atom is -0.459 e. The van der Waals surface area contributed by atoms with Crippen LogP contribution in [0.5, 0.6) is 0 Å². The third-order valence-electron chi connectivity index (χ3n) is 13.2. The van der Waals surface area contributed by atoms with Crippen LogP contribution in [0.4, 0.5) is 13.2 Å². The Hall–Kier alpha value is -1.84. The molecule has 0 radical (unpaired) electrons. The Kier molecular flexibility index (Phi) is 7.73. The van der Waals surface area contributed by atoms with Gasteiger partial charge in [0, 0.05) is 11.8 Å². The summed E-state index contributed by atoms with van der Waals surface area (Å²) in [4.78, 5) is 27.7. The van der Waals surface area contributed by atoms with Crippen molar-refractivity contribution < 1.29 is 40.1 Å². The second kappa shape index (κ2) is 10.1. The number of carbonyl (C=O) groups is 2. The van der Waals surface area contributed by atoms with E-state index >= 15 is 0 Å². The molecular formula is C35H51F3O6S. The van der Waals surface area contributed by atoms with Gasteiger partial charge in [-0.05, 0) is 123 Å². The van der Waals surface area contributed by atoms with Gasteiger partial charge >= 0.3 is 21.6 Å². The number of fused-ring (bicyclic) bond motifs is 7. The van der Waals surface area contributed by atoms with Crippen molar-refractivity contribution in [3.05, 3.63) is 23.0 Å². The van der Waals surface area contributed by atoms with E-state index in [4.69, 9.17) is 8.92 Å². The zero-order valence-corrected chi connectivity index (χ0v) is 29.4. The normalized spacial score (nSPS) is 39.8. The predicted octanol–water partition coefficient (Wildman–Crippen LogP) is 8.67. The second-order valence-electron chi connectivity index (χ2n) is 17.3. The summed E-state index contributed by atoms with van der Waals surface area (Å²) in [6, 6.07) is 0. The van der Waals surface area contributed by atoms with E-state index in [1.807, 2.05) is 48.5 Å². The molecule has 0 aromatic heterocycles. The van der Waals surface area contributed by atoms with E-state index in [-0.39, 0.29) is 63.8 Å². The van der Waals surface area contributed by atoms with Crippen molar-refractivity contribution in [1.82, 2.24) is 0 Å². The third kappa shape index (κ3) is 4.79. The van der Waals surface area contributed by atoms with Gasteiger partial charge in [-0.1, -0.05) is 48.5 Å². The number of alkyl halides is 3. The molecule has 10 heteroatoms. The molecule has 5 rings (SSSR count). The van der Waals surface area contributed by atoms with Crippen LogP contribution in [-0.2, 0) is 28.6 Å². The summed E-state index contributed by atoms with van der Waals surface area (Å²) >= 11 is 0. The fraction of sp³-hybridized carbons (Fsp3) is 0.829. The molecule has 3 saturated carbocycles. The number of rotatable bonds is 4. The molecule has 0 heterocycles. The Bertz CT molecular complexity index is 1470. The summed E-state index contributed by atoms with van der Waals surface area (Å²) in [6.45, 7) is 20.2. The number of Topliss-reactive ketones (excluding diaryl/α,β-unsaturated/α-hetero) is 1. The van der Waals surface area contributed by atoms with Crippen LogP contribution in [0, 0.1) is 50.7 Å². The molecule has 0 aromatic rings. The average molecular weight is 657 g/mol. The first kappa shape index (κ1) is 34.5. The van der Waals surface area contributed by atoms with E-state index in [1.54, 1.807) is 6.08 Å². The number of halogens is 3. The number of allylic oxidation sites excluding steroid dienone is 3. The van der Waals surface area contributed by atoms with Crippen LogP contribution in [0.3, 0.4) is 0 Å². The van der Waals surface area contributed by atoms with Gasteiger partial charge in [0.25, 0.3) is 0 Å². The molecule has 6 nitrogen and oxygen atoms in total. The highest BCUT2D eigenvalue weighted by Gasteiger charge is 2.71. The summed E-state index contributed by atoms with van der Waals surface area (Å²) in [5.74, 6) is -0.231. The average Bonchev–Trinajstić information content (AvgIpc) is 3.18. The van der Waals surface area contributed by atoms with E-state index in [9.17, 15) is 31.2 Å². The standard InChI is InChI=1S/C35H51F3O6S/c1-20(2)26-22(39)19-34(28(40)43-29(3,4)5)18-17-32(9)21(27(26)34)11-12-24-31(8)15-14-25(44-45(41,42)35(36,37)38)30(6,7)23(31)13-16-33(24,32)10/h14,20-21,23-24H,11-13,15-19H2,1-10H3/t21-,23+,24-,31+,32-,33-,34-/m1/s1. The first-order valence-electron chi connectivity index (χ1n) is 16.5. The SMILES string of the molecule is CC(C)C1=C2[C@H]3CC[C@@H]4[C@@]5(C)CC=C(OS(=O)(=O)C(F)(F)F)C(C)(C)[C@@H]5CC[C@@]4(C)[C@]3(C)CC[C@@]2(C(=O)OC(C)(C)C)CC1=O. The summed E-state index contributed by atoms with van der Waals surface area (Å²) in [6.07, 6.45) is 6.66. The number of ketones is 1. The van der Waals surface area contributed by atoms with Crippen LogP contribution in [0.25, 0.3) is 0 Å². The Morgan fingerprint density at radius 2 is 1.56 bits per heavy atom. The fourth-order valence-corrected chi connectivity index (χ4v) is 11.7. The van der Waals surface area contributed by atoms with Crippen molar-refractivity contribution in [3.63, 3.8) is 0 Å². The molecule has 0 spiro atoms. The molecule has 0 saturated heterocycles. The van der Waals surface area contributed by atoms with Gasteiger partial charge in [0.1, 0.15) is 11.4 Å². The van der Waals surface area contributed by atoms with Crippen LogP contribution in [-0.4, -0.2) is 31.3 Å². The van der Waals surface area contributed by atoms with Gasteiger partial charge < -0.3 is 8.92 Å². The highest BCUT2D eigenvalue weighted by molar-refractivity contribution is 7.87. The van der Waals surface area contributed by atoms with E-state index in [0.29, 0.717) is 19.3 Å². The lowest BCUT2D eigenvalue weighted by Gasteiger charge is -2.71. The topological polar surface area (TPSA) is 86.7 Å². The maximum atomic E-state index is 14.0. The van der Waals surface area contributed by atoms with Gasteiger partial charge in [0.15, 0.2) is 5.78 Å². The highest BCUT2D eigenvalue weighted by Crippen LogP contribution is 2.76. The molecule has 0 bridgehead atoms. The molecule has 45 heavy (non-hydrogen) atoms. The number of hydrogen-bond acceptors (Lipinski definition) is 6. The Balaban J connectivity index is 1.56. The van der Waals surface area contributed by atoms with Crippen molar-refractivity contribution in [3.8, 4) is 0 Å². The molecule has 0 aromatic carbocycles. The monoisotopic (exact) mass is 656 g/mol. The van der Waals surface area contributed by atoms with Crippen molar-refractivity contribution in [2.75, 3.05) is 0 Å². The molecule has 5 aliphatic rings. The zero-order valence-electron chi connectivity index (χ0n) is 28.5. The quantitative estimate of drug-likeness (QED) is 0.171. The lowest BCUT2D eigenvalue weighted by Crippen LogP contribution is -2.64. The second-order valence-corrected chi connectivity index (χ2v) is 18.8. The molecule has 0 unspecified atom stereocenters. The number of ether oxygens (including phenoxy) is 1. The first-order valence-corrected chi connectivity index (χ1v) is 17.9.